The van der Waals surface area contributed by atoms with Gasteiger partial charge >= 0.3 is 0 Å². The van der Waals surface area contributed by atoms with E-state index in [0.717, 1.165) is 18.8 Å². The quantitative estimate of drug-likeness (QED) is 0.823. The number of rotatable bonds is 6. The number of aliphatic hydroxyl groups excluding tert-OH is 1. The summed E-state index contributed by atoms with van der Waals surface area (Å²) in [5, 5.41) is 9.41. The van der Waals surface area contributed by atoms with Crippen molar-refractivity contribution in [3.05, 3.63) is 29.8 Å². The monoisotopic (exact) mass is 251 g/mol. The van der Waals surface area contributed by atoms with E-state index in [1.165, 1.54) is 5.56 Å². The van der Waals surface area contributed by atoms with Crippen LogP contribution < -0.4 is 4.74 Å². The van der Waals surface area contributed by atoms with Crippen LogP contribution in [0.15, 0.2) is 24.3 Å². The standard InChI is InChI=1S/C14H21NO3/c1-15(8-14(9-16)10-18-11-14)7-12-4-3-5-13(6-12)17-2/h3-6,16H,7-11H2,1-2H3. The second kappa shape index (κ2) is 5.69. The fraction of sp³-hybridized carbons (Fsp3) is 0.571. The number of benzene rings is 1. The van der Waals surface area contributed by atoms with Crippen molar-refractivity contribution in [1.82, 2.24) is 4.90 Å². The van der Waals surface area contributed by atoms with Crippen molar-refractivity contribution < 1.29 is 14.6 Å². The summed E-state index contributed by atoms with van der Waals surface area (Å²) in [6, 6.07) is 8.07. The van der Waals surface area contributed by atoms with Crippen LogP contribution in [0.3, 0.4) is 0 Å². The van der Waals surface area contributed by atoms with E-state index in [9.17, 15) is 5.11 Å². The van der Waals surface area contributed by atoms with Crippen LogP contribution in [0.4, 0.5) is 0 Å². The van der Waals surface area contributed by atoms with Crippen molar-refractivity contribution in [1.29, 1.82) is 0 Å². The number of hydrogen-bond donors (Lipinski definition) is 1. The molecule has 2 rings (SSSR count). The number of hydrogen-bond acceptors (Lipinski definition) is 4. The average molecular weight is 251 g/mol. The number of methoxy groups -OCH3 is 1. The lowest BCUT2D eigenvalue weighted by atomic mass is 9.86. The third-order valence-corrected chi connectivity index (χ3v) is 3.34. The van der Waals surface area contributed by atoms with Gasteiger partial charge in [-0.25, -0.2) is 0 Å². The third kappa shape index (κ3) is 3.02. The van der Waals surface area contributed by atoms with Gasteiger partial charge in [0.15, 0.2) is 0 Å². The molecule has 1 aromatic carbocycles. The molecule has 1 N–H and O–H groups in total. The van der Waals surface area contributed by atoms with Crippen LogP contribution in [-0.4, -0.2) is 50.5 Å². The molecule has 1 aliphatic rings. The summed E-state index contributed by atoms with van der Waals surface area (Å²) >= 11 is 0. The predicted molar refractivity (Wildman–Crippen MR) is 69.7 cm³/mol. The average Bonchev–Trinajstić information content (AvgIpc) is 2.34. The highest BCUT2D eigenvalue weighted by Crippen LogP contribution is 2.28. The summed E-state index contributed by atoms with van der Waals surface area (Å²) in [7, 11) is 3.74. The van der Waals surface area contributed by atoms with Crippen LogP contribution in [0.25, 0.3) is 0 Å². The summed E-state index contributed by atoms with van der Waals surface area (Å²) in [6.07, 6.45) is 0. The van der Waals surface area contributed by atoms with Gasteiger partial charge in [-0.15, -0.1) is 0 Å². The van der Waals surface area contributed by atoms with Crippen LogP contribution in [-0.2, 0) is 11.3 Å². The molecule has 1 saturated heterocycles. The Kier molecular flexibility index (Phi) is 4.22. The molecule has 0 aliphatic carbocycles. The molecule has 0 atom stereocenters. The van der Waals surface area contributed by atoms with Crippen molar-refractivity contribution in [3.63, 3.8) is 0 Å². The molecule has 1 aromatic rings. The molecule has 1 heterocycles. The molecule has 1 fully saturated rings. The molecular formula is C14H21NO3. The molecule has 0 unspecified atom stereocenters. The molecule has 0 spiro atoms. The molecule has 0 saturated carbocycles. The van der Waals surface area contributed by atoms with Crippen LogP contribution in [0.1, 0.15) is 5.56 Å². The van der Waals surface area contributed by atoms with E-state index in [-0.39, 0.29) is 12.0 Å². The van der Waals surface area contributed by atoms with E-state index in [0.29, 0.717) is 13.2 Å². The second-order valence-electron chi connectivity index (χ2n) is 5.17. The largest absolute Gasteiger partial charge is 0.497 e. The van der Waals surface area contributed by atoms with Crippen LogP contribution >= 0.6 is 0 Å². The van der Waals surface area contributed by atoms with Crippen LogP contribution in [0.5, 0.6) is 5.75 Å². The molecule has 0 bridgehead atoms. The van der Waals surface area contributed by atoms with Gasteiger partial charge in [0.05, 0.1) is 32.3 Å². The van der Waals surface area contributed by atoms with Crippen molar-refractivity contribution in [3.8, 4) is 5.75 Å². The van der Waals surface area contributed by atoms with Crippen molar-refractivity contribution in [2.75, 3.05) is 40.5 Å². The Balaban J connectivity index is 1.92. The Hall–Kier alpha value is -1.10. The molecule has 4 nitrogen and oxygen atoms in total. The molecule has 4 heteroatoms. The van der Waals surface area contributed by atoms with Gasteiger partial charge < -0.3 is 19.5 Å². The summed E-state index contributed by atoms with van der Waals surface area (Å²) in [5.74, 6) is 0.879. The maximum Gasteiger partial charge on any atom is 0.119 e. The van der Waals surface area contributed by atoms with Crippen LogP contribution in [0, 0.1) is 5.41 Å². The first-order chi connectivity index (χ1) is 8.67. The summed E-state index contributed by atoms with van der Waals surface area (Å²) in [5.41, 5.74) is 1.15. The smallest absolute Gasteiger partial charge is 0.119 e. The van der Waals surface area contributed by atoms with Crippen molar-refractivity contribution in [2.24, 2.45) is 5.41 Å². The predicted octanol–water partition coefficient (Wildman–Crippen LogP) is 1.14. The molecule has 1 aliphatic heterocycles. The van der Waals surface area contributed by atoms with E-state index in [2.05, 4.69) is 18.0 Å². The lowest BCUT2D eigenvalue weighted by Crippen LogP contribution is -2.52. The second-order valence-corrected chi connectivity index (χ2v) is 5.17. The highest BCUT2D eigenvalue weighted by molar-refractivity contribution is 5.28. The highest BCUT2D eigenvalue weighted by atomic mass is 16.5. The van der Waals surface area contributed by atoms with Gasteiger partial charge in [0.25, 0.3) is 0 Å². The van der Waals surface area contributed by atoms with Gasteiger partial charge in [-0.05, 0) is 24.7 Å². The molecule has 0 radical (unpaired) electrons. The van der Waals surface area contributed by atoms with Gasteiger partial charge in [-0.1, -0.05) is 12.1 Å². The van der Waals surface area contributed by atoms with Gasteiger partial charge in [0, 0.05) is 13.1 Å². The summed E-state index contributed by atoms with van der Waals surface area (Å²) in [4.78, 5) is 2.22. The Bertz CT molecular complexity index is 385. The summed E-state index contributed by atoms with van der Waals surface area (Å²) in [6.45, 7) is 3.20. The first-order valence-electron chi connectivity index (χ1n) is 6.17. The fourth-order valence-corrected chi connectivity index (χ4v) is 2.33. The van der Waals surface area contributed by atoms with Crippen molar-refractivity contribution >= 4 is 0 Å². The maximum absolute atomic E-state index is 9.41. The molecular weight excluding hydrogens is 230 g/mol. The van der Waals surface area contributed by atoms with E-state index >= 15 is 0 Å². The first-order valence-corrected chi connectivity index (χ1v) is 6.17. The van der Waals surface area contributed by atoms with Gasteiger partial charge in [0.2, 0.25) is 0 Å². The zero-order valence-corrected chi connectivity index (χ0v) is 11.1. The summed E-state index contributed by atoms with van der Waals surface area (Å²) < 4.78 is 10.4. The van der Waals surface area contributed by atoms with Crippen molar-refractivity contribution in [2.45, 2.75) is 6.54 Å². The molecule has 100 valence electrons. The van der Waals surface area contributed by atoms with Gasteiger partial charge in [-0.2, -0.15) is 0 Å². The minimum absolute atomic E-state index is 0.0619. The van der Waals surface area contributed by atoms with E-state index in [1.807, 2.05) is 18.2 Å². The molecule has 0 amide bonds. The lowest BCUT2D eigenvalue weighted by molar-refractivity contribution is -0.147. The Morgan fingerprint density at radius 2 is 2.22 bits per heavy atom. The normalized spacial score (nSPS) is 17.6. The Labute approximate surface area is 108 Å². The van der Waals surface area contributed by atoms with Crippen LogP contribution in [0.2, 0.25) is 0 Å². The van der Waals surface area contributed by atoms with E-state index in [1.54, 1.807) is 7.11 Å². The number of ether oxygens (including phenoxy) is 2. The zero-order chi connectivity index (χ0) is 13.0. The topological polar surface area (TPSA) is 41.9 Å². The fourth-order valence-electron chi connectivity index (χ4n) is 2.33. The maximum atomic E-state index is 9.41. The van der Waals surface area contributed by atoms with Gasteiger partial charge in [0.1, 0.15) is 5.75 Å². The molecule has 18 heavy (non-hydrogen) atoms. The number of nitrogens with zero attached hydrogens (tertiary/aromatic N) is 1. The van der Waals surface area contributed by atoms with E-state index in [4.69, 9.17) is 9.47 Å². The zero-order valence-electron chi connectivity index (χ0n) is 11.1. The van der Waals surface area contributed by atoms with Gasteiger partial charge in [-0.3, -0.25) is 0 Å². The Morgan fingerprint density at radius 3 is 2.78 bits per heavy atom. The minimum atomic E-state index is -0.0619. The van der Waals surface area contributed by atoms with E-state index < -0.39 is 0 Å². The Morgan fingerprint density at radius 1 is 1.44 bits per heavy atom. The highest BCUT2D eigenvalue weighted by Gasteiger charge is 2.38. The lowest BCUT2D eigenvalue weighted by Gasteiger charge is -2.42. The third-order valence-electron chi connectivity index (χ3n) is 3.34. The minimum Gasteiger partial charge on any atom is -0.497 e. The molecule has 0 aromatic heterocycles. The number of aliphatic hydroxyl groups is 1. The SMILES string of the molecule is COc1cccc(CN(C)CC2(CO)COC2)c1. The first kappa shape index (κ1) is 13.3.